The lowest BCUT2D eigenvalue weighted by Gasteiger charge is -2.28. The number of carboxylic acid groups (broad SMARTS) is 2. The molecule has 0 aliphatic heterocycles. The minimum Gasteiger partial charge on any atom is -0.508 e. The predicted molar refractivity (Wildman–Crippen MR) is 108 cm³/mol. The second kappa shape index (κ2) is 11.2. The van der Waals surface area contributed by atoms with Crippen LogP contribution in [0.1, 0.15) is 17.5 Å². The fourth-order valence-corrected chi connectivity index (χ4v) is 3.70. The zero-order valence-electron chi connectivity index (χ0n) is 16.6. The van der Waals surface area contributed by atoms with Gasteiger partial charge in [0.2, 0.25) is 0 Å². The molecule has 0 spiro atoms. The maximum atomic E-state index is 11.4. The molecule has 2 aromatic carbocycles. The van der Waals surface area contributed by atoms with Crippen molar-refractivity contribution in [1.29, 1.82) is 0 Å². The molecule has 0 radical (unpaired) electrons. The second-order valence-electron chi connectivity index (χ2n) is 7.46. The van der Waals surface area contributed by atoms with Gasteiger partial charge in [0, 0.05) is 17.9 Å². The van der Waals surface area contributed by atoms with E-state index in [1.807, 2.05) is 0 Å². The number of nitrogens with one attached hydrogen (secondary N) is 1. The highest BCUT2D eigenvalue weighted by atomic mass is 16.4. The van der Waals surface area contributed by atoms with Gasteiger partial charge in [-0.3, -0.25) is 4.79 Å². The number of phenolic OH excluding ortho intramolecular Hbond substituents is 2. The molecule has 30 heavy (non-hydrogen) atoms. The maximum Gasteiger partial charge on any atom is 0.359 e. The number of rotatable bonds is 12. The van der Waals surface area contributed by atoms with Gasteiger partial charge in [-0.05, 0) is 36.1 Å². The van der Waals surface area contributed by atoms with Crippen molar-refractivity contribution in [1.82, 2.24) is 0 Å². The van der Waals surface area contributed by atoms with E-state index in [4.69, 9.17) is 0 Å². The Morgan fingerprint density at radius 2 is 1.40 bits per heavy atom. The number of para-hydroxylation sites is 2. The van der Waals surface area contributed by atoms with Gasteiger partial charge in [0.15, 0.2) is 6.54 Å². The monoisotopic (exact) mass is 418 g/mol. The molecule has 162 valence electrons. The van der Waals surface area contributed by atoms with Gasteiger partial charge in [0.1, 0.15) is 18.0 Å². The Morgan fingerprint density at radius 1 is 0.833 bits per heavy atom. The normalized spacial score (nSPS) is 14.0. The van der Waals surface area contributed by atoms with Gasteiger partial charge in [0.25, 0.3) is 0 Å². The Morgan fingerprint density at radius 3 is 1.90 bits per heavy atom. The Kier molecular flexibility index (Phi) is 8.64. The second-order valence-corrected chi connectivity index (χ2v) is 7.46. The molecule has 0 aliphatic rings. The number of benzene rings is 2. The molecular formula is C22H28NO7+. The van der Waals surface area contributed by atoms with Crippen LogP contribution in [0.25, 0.3) is 0 Å². The average Bonchev–Trinajstić information content (AvgIpc) is 2.68. The van der Waals surface area contributed by atoms with Crippen molar-refractivity contribution >= 4 is 11.9 Å². The van der Waals surface area contributed by atoms with Crippen molar-refractivity contribution < 1.29 is 40.0 Å². The fraction of sp³-hybridized carbons (Fsp3) is 0.364. The van der Waals surface area contributed by atoms with E-state index in [0.29, 0.717) is 16.0 Å². The lowest BCUT2D eigenvalue weighted by molar-refractivity contribution is -0.910. The summed E-state index contributed by atoms with van der Waals surface area (Å²) < 4.78 is 0. The van der Waals surface area contributed by atoms with E-state index in [2.05, 4.69) is 0 Å². The van der Waals surface area contributed by atoms with E-state index < -0.39 is 23.8 Å². The van der Waals surface area contributed by atoms with Crippen LogP contribution < -0.4 is 4.90 Å². The first-order valence-electron chi connectivity index (χ1n) is 9.71. The van der Waals surface area contributed by atoms with Gasteiger partial charge in [-0.2, -0.15) is 0 Å². The minimum absolute atomic E-state index is 0.0496. The molecule has 8 heteroatoms. The maximum absolute atomic E-state index is 11.4. The number of aromatic hydroxyl groups is 2. The van der Waals surface area contributed by atoms with Crippen molar-refractivity contribution in [2.24, 2.45) is 11.8 Å². The summed E-state index contributed by atoms with van der Waals surface area (Å²) in [6.07, 6.45) is 0.0115. The molecule has 3 unspecified atom stereocenters. The Bertz CT molecular complexity index is 855. The number of hydrogen-bond donors (Lipinski definition) is 6. The fourth-order valence-electron chi connectivity index (χ4n) is 3.70. The third-order valence-electron chi connectivity index (χ3n) is 5.20. The van der Waals surface area contributed by atoms with Crippen LogP contribution in [-0.4, -0.2) is 57.2 Å². The van der Waals surface area contributed by atoms with Crippen LogP contribution in [0.15, 0.2) is 48.5 Å². The summed E-state index contributed by atoms with van der Waals surface area (Å²) in [7, 11) is 0. The molecule has 0 heterocycles. The lowest BCUT2D eigenvalue weighted by Crippen LogP contribution is -3.12. The third-order valence-corrected chi connectivity index (χ3v) is 5.20. The summed E-state index contributed by atoms with van der Waals surface area (Å²) in [5, 5.41) is 48.7. The van der Waals surface area contributed by atoms with Crippen molar-refractivity contribution in [2.45, 2.75) is 19.4 Å². The van der Waals surface area contributed by atoms with Crippen LogP contribution in [0.2, 0.25) is 0 Å². The molecule has 3 atom stereocenters. The van der Waals surface area contributed by atoms with E-state index in [-0.39, 0.29) is 50.6 Å². The van der Waals surface area contributed by atoms with Gasteiger partial charge in [-0.1, -0.05) is 30.3 Å². The zero-order valence-corrected chi connectivity index (χ0v) is 16.6. The number of quaternary nitrogens is 1. The Labute approximate surface area is 174 Å². The summed E-state index contributed by atoms with van der Waals surface area (Å²) in [4.78, 5) is 23.4. The van der Waals surface area contributed by atoms with Crippen LogP contribution in [0.5, 0.6) is 11.5 Å². The number of carbonyl (C=O) groups is 2. The molecular weight excluding hydrogens is 390 g/mol. The first-order chi connectivity index (χ1) is 14.3. The molecule has 0 amide bonds. The van der Waals surface area contributed by atoms with Crippen LogP contribution in [0.4, 0.5) is 0 Å². The minimum atomic E-state index is -1.03. The van der Waals surface area contributed by atoms with Gasteiger partial charge in [-0.15, -0.1) is 0 Å². The third kappa shape index (κ3) is 7.06. The highest BCUT2D eigenvalue weighted by Gasteiger charge is 2.30. The topological polar surface area (TPSA) is 140 Å². The van der Waals surface area contributed by atoms with Crippen molar-refractivity contribution in [3.8, 4) is 11.5 Å². The number of aliphatic hydroxyl groups excluding tert-OH is 1. The van der Waals surface area contributed by atoms with Gasteiger partial charge < -0.3 is 30.4 Å². The number of aliphatic hydroxyl groups is 1. The van der Waals surface area contributed by atoms with Crippen LogP contribution in [0, 0.1) is 11.8 Å². The first-order valence-corrected chi connectivity index (χ1v) is 9.71. The number of carboxylic acids is 2. The van der Waals surface area contributed by atoms with Crippen molar-refractivity contribution in [2.75, 3.05) is 19.7 Å². The summed E-state index contributed by atoms with van der Waals surface area (Å²) in [5.41, 5.74) is 1.14. The molecule has 2 rings (SSSR count). The molecule has 0 bridgehead atoms. The largest absolute Gasteiger partial charge is 0.508 e. The van der Waals surface area contributed by atoms with E-state index in [1.165, 1.54) is 12.1 Å². The molecule has 2 aromatic rings. The molecule has 0 saturated heterocycles. The number of phenols is 2. The van der Waals surface area contributed by atoms with E-state index >= 15 is 0 Å². The number of hydrogen-bond acceptors (Lipinski definition) is 5. The van der Waals surface area contributed by atoms with Crippen LogP contribution >= 0.6 is 0 Å². The molecule has 0 aliphatic carbocycles. The summed E-state index contributed by atoms with van der Waals surface area (Å²) in [5.74, 6) is -2.98. The highest BCUT2D eigenvalue weighted by molar-refractivity contribution is 5.67. The lowest BCUT2D eigenvalue weighted by atomic mass is 9.84. The SMILES string of the molecule is O=C(O)CC(Cc1ccccc1O)C(CO)C[NH+](CC(=O)O)Cc1ccccc1O. The van der Waals surface area contributed by atoms with E-state index in [0.717, 1.165) is 0 Å². The van der Waals surface area contributed by atoms with Crippen LogP contribution in [-0.2, 0) is 22.6 Å². The first kappa shape index (κ1) is 23.2. The average molecular weight is 418 g/mol. The zero-order chi connectivity index (χ0) is 22.1. The Balaban J connectivity index is 2.23. The summed E-state index contributed by atoms with van der Waals surface area (Å²) in [6, 6.07) is 13.2. The molecule has 0 aromatic heterocycles. The molecule has 0 fully saturated rings. The Hall–Kier alpha value is -3.10. The van der Waals surface area contributed by atoms with Gasteiger partial charge in [-0.25, -0.2) is 4.79 Å². The van der Waals surface area contributed by atoms with Crippen molar-refractivity contribution in [3.05, 3.63) is 59.7 Å². The van der Waals surface area contributed by atoms with Gasteiger partial charge in [0.05, 0.1) is 13.2 Å². The van der Waals surface area contributed by atoms with Crippen molar-refractivity contribution in [3.63, 3.8) is 0 Å². The summed E-state index contributed by atoms with van der Waals surface area (Å²) in [6.45, 7) is -0.162. The highest BCUT2D eigenvalue weighted by Crippen LogP contribution is 2.26. The van der Waals surface area contributed by atoms with E-state index in [1.54, 1.807) is 36.4 Å². The standard InChI is InChI=1S/C22H27NO7/c24-14-18(17(10-21(27)28)9-15-5-1-3-7-19(15)25)12-23(13-22(29)30)11-16-6-2-4-8-20(16)26/h1-8,17-18,24-26H,9-14H2,(H,27,28)(H,29,30)/p+1. The van der Waals surface area contributed by atoms with Gasteiger partial charge >= 0.3 is 11.9 Å². The quantitative estimate of drug-likeness (QED) is 0.295. The predicted octanol–water partition coefficient (Wildman–Crippen LogP) is 0.509. The molecule has 8 nitrogen and oxygen atoms in total. The summed E-state index contributed by atoms with van der Waals surface area (Å²) >= 11 is 0. The molecule has 6 N–H and O–H groups in total. The number of aliphatic carboxylic acids is 2. The molecule has 0 saturated carbocycles. The van der Waals surface area contributed by atoms with E-state index in [9.17, 15) is 35.1 Å². The smallest absolute Gasteiger partial charge is 0.359 e. The van der Waals surface area contributed by atoms with Crippen LogP contribution in [0.3, 0.4) is 0 Å².